The quantitative estimate of drug-likeness (QED) is 0.728. The third-order valence-corrected chi connectivity index (χ3v) is 4.45. The van der Waals surface area contributed by atoms with Crippen molar-refractivity contribution in [3.8, 4) is 5.69 Å². The van der Waals surface area contributed by atoms with E-state index in [0.717, 1.165) is 30.3 Å². The Morgan fingerprint density at radius 3 is 2.81 bits per heavy atom. The molecule has 0 saturated carbocycles. The van der Waals surface area contributed by atoms with Crippen molar-refractivity contribution in [2.45, 2.75) is 26.3 Å². The van der Waals surface area contributed by atoms with Crippen LogP contribution >= 0.6 is 0 Å². The van der Waals surface area contributed by atoms with Crippen LogP contribution in [-0.4, -0.2) is 49.2 Å². The first-order valence-electron chi connectivity index (χ1n) is 8.90. The Labute approximate surface area is 156 Å². The van der Waals surface area contributed by atoms with E-state index >= 15 is 0 Å². The summed E-state index contributed by atoms with van der Waals surface area (Å²) in [4.78, 5) is 23.8. The van der Waals surface area contributed by atoms with E-state index in [2.05, 4.69) is 35.7 Å². The zero-order chi connectivity index (χ0) is 18.6. The third kappa shape index (κ3) is 3.91. The largest absolute Gasteiger partial charge is 0.357 e. The first kappa shape index (κ1) is 17.1. The number of aromatic nitrogens is 6. The molecule has 1 saturated heterocycles. The van der Waals surface area contributed by atoms with Crippen LogP contribution in [0.15, 0.2) is 36.7 Å². The zero-order valence-corrected chi connectivity index (χ0v) is 15.0. The summed E-state index contributed by atoms with van der Waals surface area (Å²) >= 11 is 0. The number of aryl methyl sites for hydroxylation is 1. The average Bonchev–Trinajstić information content (AvgIpc) is 3.39. The molecule has 9 nitrogen and oxygen atoms in total. The number of benzene rings is 1. The van der Waals surface area contributed by atoms with Crippen molar-refractivity contribution in [2.24, 2.45) is 0 Å². The molecule has 3 heterocycles. The molecule has 27 heavy (non-hydrogen) atoms. The van der Waals surface area contributed by atoms with Gasteiger partial charge in [-0.1, -0.05) is 6.07 Å². The van der Waals surface area contributed by atoms with Crippen molar-refractivity contribution >= 4 is 11.7 Å². The maximum absolute atomic E-state index is 12.5. The Morgan fingerprint density at radius 1 is 1.19 bits per heavy atom. The number of nitrogens with zero attached hydrogens (tertiary/aromatic N) is 7. The predicted molar refractivity (Wildman–Crippen MR) is 98.5 cm³/mol. The van der Waals surface area contributed by atoms with Crippen molar-refractivity contribution in [1.82, 2.24) is 35.5 Å². The number of nitrogens with one attached hydrogen (secondary N) is 1. The molecule has 0 unspecified atom stereocenters. The molecule has 1 aliphatic rings. The van der Waals surface area contributed by atoms with Gasteiger partial charge in [0.05, 0.1) is 12.2 Å². The summed E-state index contributed by atoms with van der Waals surface area (Å²) in [7, 11) is 0. The van der Waals surface area contributed by atoms with Gasteiger partial charge in [-0.2, -0.15) is 0 Å². The van der Waals surface area contributed by atoms with Crippen LogP contribution in [0.2, 0.25) is 0 Å². The van der Waals surface area contributed by atoms with Crippen LogP contribution in [-0.2, 0) is 6.54 Å². The highest BCUT2D eigenvalue weighted by atomic mass is 16.1. The Hall–Kier alpha value is -3.36. The number of rotatable bonds is 5. The first-order chi connectivity index (χ1) is 13.2. The molecule has 4 rings (SSSR count). The van der Waals surface area contributed by atoms with E-state index in [1.54, 1.807) is 18.2 Å². The third-order valence-electron chi connectivity index (χ3n) is 4.45. The van der Waals surface area contributed by atoms with Crippen LogP contribution in [0.3, 0.4) is 0 Å². The molecular weight excluding hydrogens is 344 g/mol. The van der Waals surface area contributed by atoms with Crippen LogP contribution in [0.4, 0.5) is 5.82 Å². The molecule has 0 radical (unpaired) electrons. The van der Waals surface area contributed by atoms with Gasteiger partial charge in [-0.05, 0) is 48.4 Å². The number of amides is 1. The standard InChI is InChI=1S/C18H20N8O/c1-13-9-17(25-7-2-3-8-25)22-16(21-13)11-19-18(27)14-5-4-6-15(10-14)26-12-20-23-24-26/h4-6,9-10,12H,2-3,7-8,11H2,1H3,(H,19,27). The maximum Gasteiger partial charge on any atom is 0.251 e. The monoisotopic (exact) mass is 364 g/mol. The molecule has 0 aliphatic carbocycles. The van der Waals surface area contributed by atoms with Crippen LogP contribution in [0, 0.1) is 6.92 Å². The van der Waals surface area contributed by atoms with Crippen molar-refractivity contribution < 1.29 is 4.79 Å². The number of anilines is 1. The van der Waals surface area contributed by atoms with Crippen molar-refractivity contribution in [1.29, 1.82) is 0 Å². The Balaban J connectivity index is 1.46. The predicted octanol–water partition coefficient (Wildman–Crippen LogP) is 1.29. The fourth-order valence-electron chi connectivity index (χ4n) is 3.13. The molecule has 2 aromatic heterocycles. The molecule has 1 fully saturated rings. The van der Waals surface area contributed by atoms with Gasteiger partial charge >= 0.3 is 0 Å². The van der Waals surface area contributed by atoms with Crippen molar-refractivity contribution in [3.05, 3.63) is 53.7 Å². The van der Waals surface area contributed by atoms with Gasteiger partial charge in [0.25, 0.3) is 5.91 Å². The van der Waals surface area contributed by atoms with E-state index in [0.29, 0.717) is 11.4 Å². The lowest BCUT2D eigenvalue weighted by atomic mass is 10.2. The lowest BCUT2D eigenvalue weighted by molar-refractivity contribution is 0.0950. The van der Waals surface area contributed by atoms with Crippen LogP contribution < -0.4 is 10.2 Å². The summed E-state index contributed by atoms with van der Waals surface area (Å²) < 4.78 is 1.50. The number of carbonyl (C=O) groups excluding carboxylic acids is 1. The second-order valence-corrected chi connectivity index (χ2v) is 6.47. The van der Waals surface area contributed by atoms with E-state index in [4.69, 9.17) is 0 Å². The van der Waals surface area contributed by atoms with E-state index in [-0.39, 0.29) is 12.5 Å². The van der Waals surface area contributed by atoms with Gasteiger partial charge in [-0.15, -0.1) is 5.10 Å². The molecular formula is C18H20N8O. The lowest BCUT2D eigenvalue weighted by Gasteiger charge is -2.17. The summed E-state index contributed by atoms with van der Waals surface area (Å²) in [6.45, 7) is 4.26. The highest BCUT2D eigenvalue weighted by Gasteiger charge is 2.15. The van der Waals surface area contributed by atoms with Crippen LogP contribution in [0.5, 0.6) is 0 Å². The maximum atomic E-state index is 12.5. The van der Waals surface area contributed by atoms with Crippen LogP contribution in [0.25, 0.3) is 5.69 Å². The minimum Gasteiger partial charge on any atom is -0.357 e. The highest BCUT2D eigenvalue weighted by Crippen LogP contribution is 2.18. The molecule has 1 aliphatic heterocycles. The van der Waals surface area contributed by atoms with E-state index in [9.17, 15) is 4.79 Å². The first-order valence-corrected chi connectivity index (χ1v) is 8.90. The van der Waals surface area contributed by atoms with Gasteiger partial charge in [0.15, 0.2) is 0 Å². The topological polar surface area (TPSA) is 102 Å². The summed E-state index contributed by atoms with van der Waals surface area (Å²) in [5, 5.41) is 13.9. The molecule has 1 amide bonds. The lowest BCUT2D eigenvalue weighted by Crippen LogP contribution is -2.25. The number of hydrogen-bond acceptors (Lipinski definition) is 7. The number of carbonyl (C=O) groups is 1. The number of tetrazole rings is 1. The van der Waals surface area contributed by atoms with Gasteiger partial charge in [0.1, 0.15) is 18.0 Å². The summed E-state index contributed by atoms with van der Waals surface area (Å²) in [5.41, 5.74) is 2.14. The van der Waals surface area contributed by atoms with Gasteiger partial charge in [0.2, 0.25) is 0 Å². The van der Waals surface area contributed by atoms with Gasteiger partial charge in [-0.25, -0.2) is 14.6 Å². The SMILES string of the molecule is Cc1cc(N2CCCC2)nc(CNC(=O)c2cccc(-n3cnnn3)c2)n1. The molecule has 3 aromatic rings. The van der Waals surface area contributed by atoms with Gasteiger partial charge in [0, 0.05) is 30.4 Å². The van der Waals surface area contributed by atoms with E-state index in [1.807, 2.05) is 19.1 Å². The molecule has 9 heteroatoms. The van der Waals surface area contributed by atoms with Crippen molar-refractivity contribution in [2.75, 3.05) is 18.0 Å². The Kier molecular flexibility index (Phi) is 4.73. The van der Waals surface area contributed by atoms with E-state index in [1.165, 1.54) is 23.9 Å². The van der Waals surface area contributed by atoms with Crippen LogP contribution in [0.1, 0.15) is 34.7 Å². The van der Waals surface area contributed by atoms with Crippen molar-refractivity contribution in [3.63, 3.8) is 0 Å². The average molecular weight is 364 g/mol. The Morgan fingerprint density at radius 2 is 2.04 bits per heavy atom. The minimum absolute atomic E-state index is 0.197. The smallest absolute Gasteiger partial charge is 0.251 e. The molecule has 0 spiro atoms. The second-order valence-electron chi connectivity index (χ2n) is 6.47. The summed E-state index contributed by atoms with van der Waals surface area (Å²) in [6, 6.07) is 9.10. The normalized spacial score (nSPS) is 13.7. The summed E-state index contributed by atoms with van der Waals surface area (Å²) in [5.74, 6) is 1.35. The molecule has 0 atom stereocenters. The fraction of sp³-hybridized carbons (Fsp3) is 0.333. The molecule has 138 valence electrons. The molecule has 1 aromatic carbocycles. The minimum atomic E-state index is -0.197. The zero-order valence-electron chi connectivity index (χ0n) is 15.0. The van der Waals surface area contributed by atoms with Gasteiger partial charge < -0.3 is 10.2 Å². The highest BCUT2D eigenvalue weighted by molar-refractivity contribution is 5.94. The second kappa shape index (κ2) is 7.48. The Bertz CT molecular complexity index is 934. The number of hydrogen-bond donors (Lipinski definition) is 1. The van der Waals surface area contributed by atoms with E-state index < -0.39 is 0 Å². The molecule has 1 N–H and O–H groups in total. The summed E-state index contributed by atoms with van der Waals surface area (Å²) in [6.07, 6.45) is 3.86. The molecule has 0 bridgehead atoms. The fourth-order valence-corrected chi connectivity index (χ4v) is 3.13. The van der Waals surface area contributed by atoms with Gasteiger partial charge in [-0.3, -0.25) is 4.79 Å².